The molecule has 0 amide bonds. The summed E-state index contributed by atoms with van der Waals surface area (Å²) >= 11 is 1.43. The highest BCUT2D eigenvalue weighted by molar-refractivity contribution is 7.99. The van der Waals surface area contributed by atoms with Gasteiger partial charge >= 0.3 is 0 Å². The third-order valence-corrected chi connectivity index (χ3v) is 4.35. The molecule has 0 bridgehead atoms. The Kier molecular flexibility index (Phi) is 3.47. The molecule has 1 aromatic carbocycles. The zero-order valence-corrected chi connectivity index (χ0v) is 13.1. The molecule has 114 valence electrons. The first kappa shape index (κ1) is 13.8. The molecule has 0 atom stereocenters. The van der Waals surface area contributed by atoms with Crippen molar-refractivity contribution in [3.05, 3.63) is 55.1 Å². The molecular formula is C16H13N5OS. The molecule has 6 nitrogen and oxygen atoms in total. The average molecular weight is 323 g/mol. The molecule has 0 aliphatic carbocycles. The van der Waals surface area contributed by atoms with Gasteiger partial charge in [-0.2, -0.15) is 0 Å². The summed E-state index contributed by atoms with van der Waals surface area (Å²) in [5.41, 5.74) is 2.78. The number of nitrogens with one attached hydrogen (secondary N) is 1. The van der Waals surface area contributed by atoms with Gasteiger partial charge in [0.1, 0.15) is 12.0 Å². The molecular weight excluding hydrogens is 310 g/mol. The van der Waals surface area contributed by atoms with Gasteiger partial charge in [0, 0.05) is 12.6 Å². The normalized spacial score (nSPS) is 11.0. The van der Waals surface area contributed by atoms with Crippen LogP contribution in [0.2, 0.25) is 0 Å². The van der Waals surface area contributed by atoms with Crippen LogP contribution in [-0.4, -0.2) is 24.7 Å². The minimum absolute atomic E-state index is 0.742. The second kappa shape index (κ2) is 5.77. The lowest BCUT2D eigenvalue weighted by molar-refractivity contribution is 0.485. The Balaban J connectivity index is 1.66. The number of hydrogen-bond acceptors (Lipinski definition) is 5. The van der Waals surface area contributed by atoms with Gasteiger partial charge in [0.05, 0.1) is 12.0 Å². The number of imidazole rings is 1. The van der Waals surface area contributed by atoms with Crippen molar-refractivity contribution >= 4 is 11.8 Å². The van der Waals surface area contributed by atoms with Crippen LogP contribution in [0.15, 0.2) is 69.8 Å². The van der Waals surface area contributed by atoms with Crippen LogP contribution in [0.25, 0.3) is 22.7 Å². The highest BCUT2D eigenvalue weighted by atomic mass is 32.2. The molecule has 1 N–H and O–H groups in total. The van der Waals surface area contributed by atoms with Crippen molar-refractivity contribution in [2.45, 2.75) is 10.2 Å². The number of H-pyrrole nitrogens is 1. The topological polar surface area (TPSA) is 72.5 Å². The summed E-state index contributed by atoms with van der Waals surface area (Å²) in [5.74, 6) is 0.742. The van der Waals surface area contributed by atoms with Crippen LogP contribution in [-0.2, 0) is 7.05 Å². The van der Waals surface area contributed by atoms with Crippen molar-refractivity contribution in [1.29, 1.82) is 0 Å². The zero-order valence-electron chi connectivity index (χ0n) is 12.3. The van der Waals surface area contributed by atoms with Crippen molar-refractivity contribution in [3.63, 3.8) is 0 Å². The maximum absolute atomic E-state index is 5.93. The summed E-state index contributed by atoms with van der Waals surface area (Å²) < 4.78 is 7.77. The molecule has 0 spiro atoms. The Morgan fingerprint density at radius 2 is 2.00 bits per heavy atom. The monoisotopic (exact) mass is 323 g/mol. The van der Waals surface area contributed by atoms with Gasteiger partial charge in [-0.3, -0.25) is 0 Å². The number of rotatable bonds is 4. The highest BCUT2D eigenvalue weighted by Crippen LogP contribution is 2.34. The van der Waals surface area contributed by atoms with E-state index in [4.69, 9.17) is 4.42 Å². The van der Waals surface area contributed by atoms with Gasteiger partial charge in [0.15, 0.2) is 16.0 Å². The van der Waals surface area contributed by atoms with Crippen LogP contribution in [0.3, 0.4) is 0 Å². The Bertz CT molecular complexity index is 925. The smallest absolute Gasteiger partial charge is 0.198 e. The van der Waals surface area contributed by atoms with Crippen LogP contribution in [0.5, 0.6) is 0 Å². The number of benzene rings is 1. The quantitative estimate of drug-likeness (QED) is 0.621. The number of aryl methyl sites for hydroxylation is 1. The van der Waals surface area contributed by atoms with Gasteiger partial charge in [-0.25, -0.2) is 4.98 Å². The number of nitrogens with zero attached hydrogens (tertiary/aromatic N) is 4. The molecule has 3 heterocycles. The van der Waals surface area contributed by atoms with Crippen LogP contribution in [0.4, 0.5) is 0 Å². The Morgan fingerprint density at radius 1 is 1.13 bits per heavy atom. The SMILES string of the molecule is Cn1cnnc1Sc1ccc(-c2[nH]cnc2-c2ccccc2)o1. The predicted octanol–water partition coefficient (Wildman–Crippen LogP) is 3.62. The Hall–Kier alpha value is -2.80. The van der Waals surface area contributed by atoms with Gasteiger partial charge in [0.2, 0.25) is 0 Å². The number of aromatic amines is 1. The minimum atomic E-state index is 0.742. The van der Waals surface area contributed by atoms with Gasteiger partial charge in [-0.15, -0.1) is 10.2 Å². The molecule has 4 aromatic rings. The fourth-order valence-electron chi connectivity index (χ4n) is 2.26. The first-order valence-electron chi connectivity index (χ1n) is 7.02. The molecule has 3 aromatic heterocycles. The lowest BCUT2D eigenvalue weighted by Gasteiger charge is -2.00. The third kappa shape index (κ3) is 2.66. The van der Waals surface area contributed by atoms with Crippen molar-refractivity contribution in [2.24, 2.45) is 7.05 Å². The lowest BCUT2D eigenvalue weighted by Crippen LogP contribution is -1.87. The van der Waals surface area contributed by atoms with Crippen molar-refractivity contribution in [3.8, 4) is 22.7 Å². The lowest BCUT2D eigenvalue weighted by atomic mass is 10.1. The molecule has 23 heavy (non-hydrogen) atoms. The maximum atomic E-state index is 5.93. The van der Waals surface area contributed by atoms with E-state index in [0.717, 1.165) is 33.0 Å². The van der Waals surface area contributed by atoms with Gasteiger partial charge in [0.25, 0.3) is 0 Å². The number of furan rings is 1. The Labute approximate surface area is 136 Å². The van der Waals surface area contributed by atoms with E-state index in [2.05, 4.69) is 20.2 Å². The second-order valence-electron chi connectivity index (χ2n) is 4.94. The van der Waals surface area contributed by atoms with Gasteiger partial charge in [-0.05, 0) is 23.9 Å². The molecule has 0 saturated carbocycles. The van der Waals surface area contributed by atoms with Crippen LogP contribution < -0.4 is 0 Å². The molecule has 0 fully saturated rings. The first-order chi connectivity index (χ1) is 11.3. The summed E-state index contributed by atoms with van der Waals surface area (Å²) in [6, 6.07) is 13.9. The third-order valence-electron chi connectivity index (χ3n) is 3.38. The van der Waals surface area contributed by atoms with Crippen LogP contribution >= 0.6 is 11.8 Å². The summed E-state index contributed by atoms with van der Waals surface area (Å²) in [4.78, 5) is 7.57. The van der Waals surface area contributed by atoms with E-state index in [1.54, 1.807) is 12.7 Å². The molecule has 7 heteroatoms. The second-order valence-corrected chi connectivity index (χ2v) is 5.91. The van der Waals surface area contributed by atoms with Crippen molar-refractivity contribution in [2.75, 3.05) is 0 Å². The molecule has 0 aliphatic rings. The predicted molar refractivity (Wildman–Crippen MR) is 86.9 cm³/mol. The van der Waals surface area contributed by atoms with Crippen LogP contribution in [0.1, 0.15) is 0 Å². The minimum Gasteiger partial charge on any atom is -0.448 e. The molecule has 0 saturated heterocycles. The highest BCUT2D eigenvalue weighted by Gasteiger charge is 2.15. The fourth-order valence-corrected chi connectivity index (χ4v) is 2.99. The summed E-state index contributed by atoms with van der Waals surface area (Å²) in [6.07, 6.45) is 3.34. The summed E-state index contributed by atoms with van der Waals surface area (Å²) in [5, 5.41) is 9.44. The van der Waals surface area contributed by atoms with Crippen molar-refractivity contribution < 1.29 is 4.42 Å². The molecule has 0 radical (unpaired) electrons. The molecule has 0 unspecified atom stereocenters. The van der Waals surface area contributed by atoms with E-state index in [1.165, 1.54) is 11.8 Å². The van der Waals surface area contributed by atoms with Gasteiger partial charge < -0.3 is 14.0 Å². The average Bonchev–Trinajstić information content (AvgIpc) is 3.30. The number of hydrogen-bond donors (Lipinski definition) is 1. The van der Waals surface area contributed by atoms with E-state index in [0.29, 0.717) is 0 Å². The molecule has 0 aliphatic heterocycles. The Morgan fingerprint density at radius 3 is 2.78 bits per heavy atom. The van der Waals surface area contributed by atoms with E-state index in [9.17, 15) is 0 Å². The van der Waals surface area contributed by atoms with E-state index in [1.807, 2.05) is 54.1 Å². The zero-order chi connectivity index (χ0) is 15.6. The first-order valence-corrected chi connectivity index (χ1v) is 7.84. The largest absolute Gasteiger partial charge is 0.448 e. The van der Waals surface area contributed by atoms with E-state index < -0.39 is 0 Å². The maximum Gasteiger partial charge on any atom is 0.198 e. The molecule has 4 rings (SSSR count). The number of aromatic nitrogens is 5. The standard InChI is InChI=1S/C16H13N5OS/c1-21-10-19-20-16(21)23-13-8-7-12(22-13)15-14(17-9-18-15)11-5-3-2-4-6-11/h2-10H,1H3,(H,17,18). The van der Waals surface area contributed by atoms with Crippen LogP contribution in [0, 0.1) is 0 Å². The summed E-state index contributed by atoms with van der Waals surface area (Å²) in [6.45, 7) is 0. The summed E-state index contributed by atoms with van der Waals surface area (Å²) in [7, 11) is 1.90. The van der Waals surface area contributed by atoms with E-state index >= 15 is 0 Å². The fraction of sp³-hybridized carbons (Fsp3) is 0.0625. The van der Waals surface area contributed by atoms with Crippen molar-refractivity contribution in [1.82, 2.24) is 24.7 Å². The van der Waals surface area contributed by atoms with Gasteiger partial charge in [-0.1, -0.05) is 30.3 Å². The van der Waals surface area contributed by atoms with E-state index in [-0.39, 0.29) is 0 Å².